The number of nitrogens with zero attached hydrogens (tertiary/aromatic N) is 2. The maximum absolute atomic E-state index is 12.9. The van der Waals surface area contributed by atoms with Crippen LogP contribution in [0.25, 0.3) is 0 Å². The largest absolute Gasteiger partial charge is 0.360 e. The zero-order valence-corrected chi connectivity index (χ0v) is 15.1. The minimum absolute atomic E-state index is 0.178. The number of rotatable bonds is 5. The molecule has 1 aliphatic rings. The summed E-state index contributed by atoms with van der Waals surface area (Å²) >= 11 is 0. The predicted octanol–water partition coefficient (Wildman–Crippen LogP) is 2.30. The number of carbonyl (C=O) groups is 1. The summed E-state index contributed by atoms with van der Waals surface area (Å²) in [6, 6.07) is 7.04. The highest BCUT2D eigenvalue weighted by Crippen LogP contribution is 2.23. The van der Waals surface area contributed by atoms with Crippen LogP contribution in [0.5, 0.6) is 0 Å². The number of hydrogen-bond donors (Lipinski definition) is 1. The monoisotopic (exact) mass is 381 g/mol. The van der Waals surface area contributed by atoms with Crippen molar-refractivity contribution in [3.05, 3.63) is 47.5 Å². The smallest absolute Gasteiger partial charge is 0.228 e. The van der Waals surface area contributed by atoms with Crippen LogP contribution < -0.4 is 5.32 Å². The highest BCUT2D eigenvalue weighted by Gasteiger charge is 2.31. The van der Waals surface area contributed by atoms with Gasteiger partial charge in [0.15, 0.2) is 5.82 Å². The van der Waals surface area contributed by atoms with Crippen molar-refractivity contribution in [2.75, 3.05) is 18.4 Å². The van der Waals surface area contributed by atoms with Gasteiger partial charge >= 0.3 is 0 Å². The topological polar surface area (TPSA) is 92.5 Å². The quantitative estimate of drug-likeness (QED) is 0.858. The molecule has 1 aromatic carbocycles. The normalized spacial score (nSPS) is 16.5. The SMILES string of the molecule is Cc1cc(NC(=O)C2CCN(S(=O)(=O)Cc3ccc(F)cc3)CC2)no1. The molecule has 1 fully saturated rings. The van der Waals surface area contributed by atoms with Gasteiger partial charge in [-0.05, 0) is 37.5 Å². The molecule has 0 bridgehead atoms. The van der Waals surface area contributed by atoms with E-state index in [1.165, 1.54) is 28.6 Å². The second kappa shape index (κ2) is 7.55. The Balaban J connectivity index is 1.55. The van der Waals surface area contributed by atoms with Crippen molar-refractivity contribution in [1.29, 1.82) is 0 Å². The first kappa shape index (κ1) is 18.5. The van der Waals surface area contributed by atoms with Crippen molar-refractivity contribution in [2.24, 2.45) is 5.92 Å². The molecule has 0 unspecified atom stereocenters. The van der Waals surface area contributed by atoms with Crippen molar-refractivity contribution >= 4 is 21.7 Å². The predicted molar refractivity (Wildman–Crippen MR) is 93.2 cm³/mol. The molecule has 1 saturated heterocycles. The Kier molecular flexibility index (Phi) is 5.38. The lowest BCUT2D eigenvalue weighted by molar-refractivity contribution is -0.120. The van der Waals surface area contributed by atoms with Crippen molar-refractivity contribution in [2.45, 2.75) is 25.5 Å². The van der Waals surface area contributed by atoms with Gasteiger partial charge in [-0.3, -0.25) is 4.79 Å². The van der Waals surface area contributed by atoms with E-state index in [-0.39, 0.29) is 30.7 Å². The number of hydrogen-bond acceptors (Lipinski definition) is 5. The number of sulfonamides is 1. The van der Waals surface area contributed by atoms with Crippen LogP contribution in [-0.2, 0) is 20.6 Å². The Morgan fingerprint density at radius 3 is 2.54 bits per heavy atom. The van der Waals surface area contributed by atoms with Crippen LogP contribution in [0.1, 0.15) is 24.2 Å². The molecular weight excluding hydrogens is 361 g/mol. The van der Waals surface area contributed by atoms with Crippen molar-refractivity contribution in [1.82, 2.24) is 9.46 Å². The molecule has 3 rings (SSSR count). The number of nitrogens with one attached hydrogen (secondary N) is 1. The van der Waals surface area contributed by atoms with E-state index in [0.29, 0.717) is 30.0 Å². The lowest BCUT2D eigenvalue weighted by atomic mass is 9.97. The second-order valence-electron chi connectivity index (χ2n) is 6.37. The highest BCUT2D eigenvalue weighted by atomic mass is 32.2. The van der Waals surface area contributed by atoms with E-state index < -0.39 is 15.8 Å². The van der Waals surface area contributed by atoms with Crippen LogP contribution in [-0.4, -0.2) is 36.9 Å². The zero-order chi connectivity index (χ0) is 18.7. The molecule has 1 aromatic heterocycles. The van der Waals surface area contributed by atoms with E-state index >= 15 is 0 Å². The number of benzene rings is 1. The number of carbonyl (C=O) groups excluding carboxylic acids is 1. The summed E-state index contributed by atoms with van der Waals surface area (Å²) in [5.74, 6) is -0.0816. The average Bonchev–Trinajstić information content (AvgIpc) is 3.02. The Labute approximate surface area is 151 Å². The van der Waals surface area contributed by atoms with Crippen LogP contribution in [0.4, 0.5) is 10.2 Å². The third-order valence-electron chi connectivity index (χ3n) is 4.36. The molecule has 1 aliphatic heterocycles. The molecule has 140 valence electrons. The lowest BCUT2D eigenvalue weighted by Gasteiger charge is -2.30. The van der Waals surface area contributed by atoms with Gasteiger partial charge in [0.05, 0.1) is 5.75 Å². The molecule has 0 radical (unpaired) electrons. The van der Waals surface area contributed by atoms with Gasteiger partial charge in [-0.2, -0.15) is 0 Å². The van der Waals surface area contributed by atoms with Gasteiger partial charge in [-0.25, -0.2) is 17.1 Å². The van der Waals surface area contributed by atoms with E-state index in [4.69, 9.17) is 4.52 Å². The van der Waals surface area contributed by atoms with Gasteiger partial charge in [0.1, 0.15) is 11.6 Å². The Hall–Kier alpha value is -2.26. The van der Waals surface area contributed by atoms with E-state index in [9.17, 15) is 17.6 Å². The first-order chi connectivity index (χ1) is 12.3. The fourth-order valence-electron chi connectivity index (χ4n) is 2.93. The summed E-state index contributed by atoms with van der Waals surface area (Å²) in [5, 5.41) is 6.40. The van der Waals surface area contributed by atoms with Gasteiger partial charge in [-0.1, -0.05) is 17.3 Å². The van der Waals surface area contributed by atoms with Gasteiger partial charge in [0, 0.05) is 25.1 Å². The molecule has 26 heavy (non-hydrogen) atoms. The second-order valence-corrected chi connectivity index (χ2v) is 8.34. The first-order valence-electron chi connectivity index (χ1n) is 8.30. The van der Waals surface area contributed by atoms with E-state index in [2.05, 4.69) is 10.5 Å². The summed E-state index contributed by atoms with van der Waals surface area (Å²) in [6.45, 7) is 2.28. The third kappa shape index (κ3) is 4.47. The molecule has 1 amide bonds. The number of piperidine rings is 1. The molecule has 0 saturated carbocycles. The molecule has 0 atom stereocenters. The van der Waals surface area contributed by atoms with Crippen LogP contribution in [0, 0.1) is 18.7 Å². The minimum atomic E-state index is -3.50. The number of amides is 1. The summed E-state index contributed by atoms with van der Waals surface area (Å²) in [5.41, 5.74) is 0.535. The van der Waals surface area contributed by atoms with Crippen LogP contribution in [0.3, 0.4) is 0 Å². The van der Waals surface area contributed by atoms with Gasteiger partial charge in [0.2, 0.25) is 15.9 Å². The lowest BCUT2D eigenvalue weighted by Crippen LogP contribution is -2.41. The molecule has 1 N–H and O–H groups in total. The van der Waals surface area contributed by atoms with Crippen molar-refractivity contribution < 1.29 is 22.1 Å². The van der Waals surface area contributed by atoms with Gasteiger partial charge < -0.3 is 9.84 Å². The van der Waals surface area contributed by atoms with Crippen LogP contribution >= 0.6 is 0 Å². The zero-order valence-electron chi connectivity index (χ0n) is 14.3. The summed E-state index contributed by atoms with van der Waals surface area (Å²) in [4.78, 5) is 12.3. The van der Waals surface area contributed by atoms with E-state index in [0.717, 1.165) is 0 Å². The van der Waals surface area contributed by atoms with Crippen molar-refractivity contribution in [3.63, 3.8) is 0 Å². The molecule has 0 spiro atoms. The molecule has 2 aromatic rings. The first-order valence-corrected chi connectivity index (χ1v) is 9.91. The third-order valence-corrected chi connectivity index (χ3v) is 6.21. The summed E-state index contributed by atoms with van der Waals surface area (Å²) in [6.07, 6.45) is 0.872. The van der Waals surface area contributed by atoms with Gasteiger partial charge in [-0.15, -0.1) is 0 Å². The Morgan fingerprint density at radius 2 is 1.96 bits per heavy atom. The van der Waals surface area contributed by atoms with Crippen LogP contribution in [0.2, 0.25) is 0 Å². The summed E-state index contributed by atoms with van der Waals surface area (Å²) in [7, 11) is -3.50. The number of aryl methyl sites for hydroxylation is 1. The minimum Gasteiger partial charge on any atom is -0.360 e. The van der Waals surface area contributed by atoms with E-state index in [1.54, 1.807) is 13.0 Å². The van der Waals surface area contributed by atoms with Gasteiger partial charge in [0.25, 0.3) is 0 Å². The number of halogens is 1. The molecule has 2 heterocycles. The Morgan fingerprint density at radius 1 is 1.31 bits per heavy atom. The standard InChI is InChI=1S/C17H20FN3O4S/c1-12-10-16(20-25-12)19-17(22)14-6-8-21(9-7-14)26(23,24)11-13-2-4-15(18)5-3-13/h2-5,10,14H,6-9,11H2,1H3,(H,19,20,22). The maximum Gasteiger partial charge on any atom is 0.228 e. The molecule has 7 nitrogen and oxygen atoms in total. The highest BCUT2D eigenvalue weighted by molar-refractivity contribution is 7.88. The molecule has 9 heteroatoms. The van der Waals surface area contributed by atoms with E-state index in [1.807, 2.05) is 0 Å². The number of aromatic nitrogens is 1. The number of anilines is 1. The Bertz CT molecular complexity index is 872. The fourth-order valence-corrected chi connectivity index (χ4v) is 4.50. The van der Waals surface area contributed by atoms with Crippen LogP contribution in [0.15, 0.2) is 34.9 Å². The maximum atomic E-state index is 12.9. The fraction of sp³-hybridized carbons (Fsp3) is 0.412. The summed E-state index contributed by atoms with van der Waals surface area (Å²) < 4.78 is 44.3. The molecule has 0 aliphatic carbocycles. The van der Waals surface area contributed by atoms with Crippen molar-refractivity contribution in [3.8, 4) is 0 Å². The average molecular weight is 381 g/mol. The molecular formula is C17H20FN3O4S.